The van der Waals surface area contributed by atoms with Crippen molar-refractivity contribution < 1.29 is 23.9 Å². The normalized spacial score (nSPS) is 10.5. The number of carbonyl (C=O) groups excluding carboxylic acids is 3. The van der Waals surface area contributed by atoms with Crippen LogP contribution >= 0.6 is 0 Å². The molecule has 0 fully saturated rings. The van der Waals surface area contributed by atoms with E-state index in [0.717, 1.165) is 0 Å². The van der Waals surface area contributed by atoms with Crippen LogP contribution in [0.15, 0.2) is 6.20 Å². The van der Waals surface area contributed by atoms with Crippen molar-refractivity contribution in [2.24, 2.45) is 5.92 Å². The van der Waals surface area contributed by atoms with E-state index in [2.05, 4.69) is 5.32 Å². The first-order chi connectivity index (χ1) is 10.8. The molecule has 7 heteroatoms. The zero-order valence-electron chi connectivity index (χ0n) is 14.3. The quantitative estimate of drug-likeness (QED) is 0.813. The smallest absolute Gasteiger partial charge is 0.418 e. The summed E-state index contributed by atoms with van der Waals surface area (Å²) in [7, 11) is 0. The van der Waals surface area contributed by atoms with Crippen LogP contribution in [-0.4, -0.2) is 35.8 Å². The monoisotopic (exact) mass is 324 g/mol. The van der Waals surface area contributed by atoms with Crippen LogP contribution in [0.25, 0.3) is 0 Å². The third-order valence-electron chi connectivity index (χ3n) is 2.97. The third-order valence-corrected chi connectivity index (χ3v) is 2.97. The van der Waals surface area contributed by atoms with Crippen molar-refractivity contribution in [1.29, 1.82) is 0 Å². The van der Waals surface area contributed by atoms with Gasteiger partial charge >= 0.3 is 12.1 Å². The Kier molecular flexibility index (Phi) is 6.81. The molecule has 0 aliphatic heterocycles. The van der Waals surface area contributed by atoms with Gasteiger partial charge in [0.1, 0.15) is 5.56 Å². The Bertz CT molecular complexity index is 590. The van der Waals surface area contributed by atoms with Gasteiger partial charge in [-0.15, -0.1) is 0 Å². The highest BCUT2D eigenvalue weighted by molar-refractivity contribution is 6.02. The number of nitrogens with zero attached hydrogens (tertiary/aromatic N) is 1. The number of anilines is 1. The number of rotatable bonds is 6. The molecule has 1 aromatic heterocycles. The van der Waals surface area contributed by atoms with Crippen LogP contribution in [0.4, 0.5) is 10.5 Å². The number of nitrogens with one attached hydrogen (secondary N) is 1. The molecule has 1 amide bonds. The number of hydrogen-bond donors (Lipinski definition) is 1. The van der Waals surface area contributed by atoms with Crippen molar-refractivity contribution >= 4 is 23.7 Å². The topological polar surface area (TPSA) is 86.6 Å². The van der Waals surface area contributed by atoms with Gasteiger partial charge < -0.3 is 14.8 Å². The molecular formula is C16H24N2O5. The van der Waals surface area contributed by atoms with Gasteiger partial charge in [-0.2, -0.15) is 0 Å². The Hall–Kier alpha value is -2.31. The van der Waals surface area contributed by atoms with Crippen LogP contribution in [0.1, 0.15) is 50.7 Å². The first-order valence-corrected chi connectivity index (χ1v) is 7.67. The second-order valence-electron chi connectivity index (χ2n) is 5.43. The number of esters is 1. The van der Waals surface area contributed by atoms with Crippen molar-refractivity contribution in [3.8, 4) is 0 Å². The minimum absolute atomic E-state index is 0.144. The van der Waals surface area contributed by atoms with E-state index in [9.17, 15) is 14.4 Å². The molecule has 0 bridgehead atoms. The Morgan fingerprint density at radius 2 is 1.78 bits per heavy atom. The van der Waals surface area contributed by atoms with E-state index >= 15 is 0 Å². The largest absolute Gasteiger partial charge is 0.462 e. The van der Waals surface area contributed by atoms with Gasteiger partial charge in [0.2, 0.25) is 5.91 Å². The Morgan fingerprint density at radius 3 is 2.26 bits per heavy atom. The van der Waals surface area contributed by atoms with Crippen LogP contribution in [-0.2, 0) is 20.7 Å². The molecule has 128 valence electrons. The zero-order chi connectivity index (χ0) is 17.6. The lowest BCUT2D eigenvalue weighted by Gasteiger charge is -2.12. The van der Waals surface area contributed by atoms with Gasteiger partial charge in [-0.1, -0.05) is 13.8 Å². The molecule has 1 N–H and O–H groups in total. The van der Waals surface area contributed by atoms with E-state index in [0.29, 0.717) is 17.8 Å². The summed E-state index contributed by atoms with van der Waals surface area (Å²) in [6, 6.07) is 0. The molecule has 0 spiro atoms. The number of aromatic nitrogens is 1. The molecule has 0 aliphatic carbocycles. The van der Waals surface area contributed by atoms with E-state index in [4.69, 9.17) is 9.47 Å². The zero-order valence-corrected chi connectivity index (χ0v) is 14.3. The summed E-state index contributed by atoms with van der Waals surface area (Å²) < 4.78 is 11.3. The lowest BCUT2D eigenvalue weighted by Crippen LogP contribution is -2.18. The molecule has 0 aliphatic rings. The molecule has 0 radical (unpaired) electrons. The Labute approximate surface area is 135 Å². The average Bonchev–Trinajstić information content (AvgIpc) is 2.77. The summed E-state index contributed by atoms with van der Waals surface area (Å²) in [5, 5.41) is 2.64. The first kappa shape index (κ1) is 18.7. The predicted octanol–water partition coefficient (Wildman–Crippen LogP) is 2.83. The van der Waals surface area contributed by atoms with Gasteiger partial charge in [0, 0.05) is 13.1 Å². The fourth-order valence-corrected chi connectivity index (χ4v) is 2.17. The van der Waals surface area contributed by atoms with Crippen molar-refractivity contribution in [3.05, 3.63) is 17.5 Å². The highest BCUT2D eigenvalue weighted by Gasteiger charge is 2.26. The van der Waals surface area contributed by atoms with E-state index in [1.54, 1.807) is 13.8 Å². The predicted molar refractivity (Wildman–Crippen MR) is 85.7 cm³/mol. The summed E-state index contributed by atoms with van der Waals surface area (Å²) >= 11 is 0. The van der Waals surface area contributed by atoms with Crippen molar-refractivity contribution in [1.82, 2.24) is 4.57 Å². The van der Waals surface area contributed by atoms with Crippen LogP contribution in [0.2, 0.25) is 0 Å². The molecule has 1 rings (SSSR count). The molecule has 23 heavy (non-hydrogen) atoms. The number of hydrogen-bond acceptors (Lipinski definition) is 5. The van der Waals surface area contributed by atoms with Crippen LogP contribution < -0.4 is 5.32 Å². The second kappa shape index (κ2) is 8.36. The van der Waals surface area contributed by atoms with Crippen molar-refractivity contribution in [2.75, 3.05) is 18.5 Å². The molecular weight excluding hydrogens is 300 g/mol. The minimum Gasteiger partial charge on any atom is -0.462 e. The number of ether oxygens (including phenoxy) is 2. The van der Waals surface area contributed by atoms with E-state index in [1.807, 2.05) is 13.8 Å². The van der Waals surface area contributed by atoms with Gasteiger partial charge in [-0.3, -0.25) is 9.36 Å². The summed E-state index contributed by atoms with van der Waals surface area (Å²) in [5.74, 6) is -0.716. The van der Waals surface area contributed by atoms with Crippen LogP contribution in [0.5, 0.6) is 0 Å². The SMILES string of the molecule is CCOC(=O)c1cn(C(=O)OCC)c(CC(C)C)c1NC(C)=O. The maximum Gasteiger partial charge on any atom is 0.418 e. The number of carbonyl (C=O) groups is 3. The van der Waals surface area contributed by atoms with Gasteiger partial charge in [-0.05, 0) is 26.2 Å². The maximum atomic E-state index is 12.2. The molecule has 0 atom stereocenters. The Morgan fingerprint density at radius 1 is 1.17 bits per heavy atom. The maximum absolute atomic E-state index is 12.2. The minimum atomic E-state index is -0.593. The number of amides is 1. The molecule has 1 heterocycles. The van der Waals surface area contributed by atoms with E-state index in [-0.39, 0.29) is 30.6 Å². The lowest BCUT2D eigenvalue weighted by molar-refractivity contribution is -0.114. The second-order valence-corrected chi connectivity index (χ2v) is 5.43. The van der Waals surface area contributed by atoms with Crippen LogP contribution in [0.3, 0.4) is 0 Å². The fraction of sp³-hybridized carbons (Fsp3) is 0.562. The molecule has 0 saturated carbocycles. The highest BCUT2D eigenvalue weighted by Crippen LogP contribution is 2.27. The molecule has 0 aromatic carbocycles. The molecule has 0 saturated heterocycles. The van der Waals surface area contributed by atoms with E-state index in [1.165, 1.54) is 17.7 Å². The standard InChI is InChI=1S/C16H24N2O5/c1-6-22-15(20)12-9-18(16(21)23-7-2)13(8-10(3)4)14(12)17-11(5)19/h9-10H,6-8H2,1-5H3,(H,17,19). The third kappa shape index (κ3) is 4.84. The molecule has 7 nitrogen and oxygen atoms in total. The Balaban J connectivity index is 3.46. The first-order valence-electron chi connectivity index (χ1n) is 7.67. The van der Waals surface area contributed by atoms with Crippen LogP contribution in [0, 0.1) is 5.92 Å². The van der Waals surface area contributed by atoms with Gasteiger partial charge in [0.25, 0.3) is 0 Å². The highest BCUT2D eigenvalue weighted by atomic mass is 16.5. The van der Waals surface area contributed by atoms with Gasteiger partial charge in [-0.25, -0.2) is 9.59 Å². The summed E-state index contributed by atoms with van der Waals surface area (Å²) in [6.07, 6.45) is 1.26. The van der Waals surface area contributed by atoms with Gasteiger partial charge in [0.05, 0.1) is 24.6 Å². The van der Waals surface area contributed by atoms with Gasteiger partial charge in [0.15, 0.2) is 0 Å². The van der Waals surface area contributed by atoms with Crippen molar-refractivity contribution in [3.63, 3.8) is 0 Å². The van der Waals surface area contributed by atoms with Crippen molar-refractivity contribution in [2.45, 2.75) is 41.0 Å². The van der Waals surface area contributed by atoms with E-state index < -0.39 is 12.1 Å². The fourth-order valence-electron chi connectivity index (χ4n) is 2.17. The lowest BCUT2D eigenvalue weighted by atomic mass is 10.1. The summed E-state index contributed by atoms with van der Waals surface area (Å²) in [5.41, 5.74) is 0.972. The summed E-state index contributed by atoms with van der Waals surface area (Å²) in [6.45, 7) is 9.09. The molecule has 1 aromatic rings. The average molecular weight is 324 g/mol. The summed E-state index contributed by atoms with van der Waals surface area (Å²) in [4.78, 5) is 35.8. The molecule has 0 unspecified atom stereocenters.